The molecule has 1 atom stereocenters. The quantitative estimate of drug-likeness (QED) is 0.605. The summed E-state index contributed by atoms with van der Waals surface area (Å²) in [5, 5.41) is 11.4. The number of nitriles is 1. The van der Waals surface area contributed by atoms with Crippen LogP contribution in [0.1, 0.15) is 19.3 Å². The van der Waals surface area contributed by atoms with E-state index in [9.17, 15) is 0 Å². The minimum Gasteiger partial charge on any atom is -0.377 e. The molecule has 1 heterocycles. The summed E-state index contributed by atoms with van der Waals surface area (Å²) < 4.78 is 5.39. The van der Waals surface area contributed by atoms with Crippen molar-refractivity contribution in [3.63, 3.8) is 0 Å². The summed E-state index contributed by atoms with van der Waals surface area (Å²) in [5.41, 5.74) is 0. The first-order valence-corrected chi connectivity index (χ1v) is 4.13. The number of nitrogens with one attached hydrogen (secondary N) is 1. The fraction of sp³-hybridized carbons (Fsp3) is 0.875. The zero-order chi connectivity index (χ0) is 7.94. The summed E-state index contributed by atoms with van der Waals surface area (Å²) in [4.78, 5) is 0. The van der Waals surface area contributed by atoms with E-state index < -0.39 is 0 Å². The van der Waals surface area contributed by atoms with Crippen LogP contribution >= 0.6 is 0 Å². The van der Waals surface area contributed by atoms with E-state index in [-0.39, 0.29) is 0 Å². The Hall–Kier alpha value is -0.590. The van der Waals surface area contributed by atoms with Crippen LogP contribution in [0.5, 0.6) is 0 Å². The molecular formula is C8H14N2O. The SMILES string of the molecule is N#CCCNC[C@H]1CCCO1. The van der Waals surface area contributed by atoms with Gasteiger partial charge in [0.1, 0.15) is 0 Å². The van der Waals surface area contributed by atoms with E-state index in [1.54, 1.807) is 0 Å². The Labute approximate surface area is 67.3 Å². The van der Waals surface area contributed by atoms with Crippen molar-refractivity contribution in [2.24, 2.45) is 0 Å². The van der Waals surface area contributed by atoms with E-state index in [0.717, 1.165) is 19.7 Å². The molecule has 62 valence electrons. The second-order valence-corrected chi connectivity index (χ2v) is 2.75. The number of hydrogen-bond acceptors (Lipinski definition) is 3. The fourth-order valence-electron chi connectivity index (χ4n) is 1.21. The van der Waals surface area contributed by atoms with Gasteiger partial charge in [0.15, 0.2) is 0 Å². The molecule has 0 aromatic heterocycles. The zero-order valence-corrected chi connectivity index (χ0v) is 6.68. The summed E-state index contributed by atoms with van der Waals surface area (Å²) in [6, 6.07) is 2.09. The Morgan fingerprint density at radius 2 is 2.55 bits per heavy atom. The smallest absolute Gasteiger partial charge is 0.0700 e. The molecule has 0 saturated carbocycles. The van der Waals surface area contributed by atoms with Crippen LogP contribution in [0, 0.1) is 11.3 Å². The first kappa shape index (κ1) is 8.51. The largest absolute Gasteiger partial charge is 0.377 e. The molecule has 1 aliphatic rings. The topological polar surface area (TPSA) is 45.0 Å². The molecule has 1 fully saturated rings. The molecular weight excluding hydrogens is 140 g/mol. The summed E-state index contributed by atoms with van der Waals surface area (Å²) in [7, 11) is 0. The summed E-state index contributed by atoms with van der Waals surface area (Å²) >= 11 is 0. The highest BCUT2D eigenvalue weighted by atomic mass is 16.5. The molecule has 0 bridgehead atoms. The van der Waals surface area contributed by atoms with Gasteiger partial charge in [0, 0.05) is 26.1 Å². The van der Waals surface area contributed by atoms with Crippen LogP contribution in [-0.2, 0) is 4.74 Å². The van der Waals surface area contributed by atoms with Gasteiger partial charge < -0.3 is 10.1 Å². The van der Waals surface area contributed by atoms with Crippen molar-refractivity contribution in [1.29, 1.82) is 5.26 Å². The molecule has 0 unspecified atom stereocenters. The monoisotopic (exact) mass is 154 g/mol. The molecule has 0 aliphatic carbocycles. The highest BCUT2D eigenvalue weighted by molar-refractivity contribution is 4.72. The van der Waals surface area contributed by atoms with Crippen molar-refractivity contribution < 1.29 is 4.74 Å². The second-order valence-electron chi connectivity index (χ2n) is 2.75. The van der Waals surface area contributed by atoms with E-state index in [1.165, 1.54) is 12.8 Å². The van der Waals surface area contributed by atoms with Crippen molar-refractivity contribution in [2.75, 3.05) is 19.7 Å². The van der Waals surface area contributed by atoms with Crippen LogP contribution in [0.15, 0.2) is 0 Å². The normalized spacial score (nSPS) is 23.4. The van der Waals surface area contributed by atoms with Gasteiger partial charge in [0.25, 0.3) is 0 Å². The van der Waals surface area contributed by atoms with Gasteiger partial charge in [0.05, 0.1) is 12.2 Å². The van der Waals surface area contributed by atoms with Crippen molar-refractivity contribution in [1.82, 2.24) is 5.32 Å². The van der Waals surface area contributed by atoms with E-state index in [0.29, 0.717) is 12.5 Å². The van der Waals surface area contributed by atoms with Crippen molar-refractivity contribution in [3.05, 3.63) is 0 Å². The molecule has 0 amide bonds. The van der Waals surface area contributed by atoms with E-state index in [4.69, 9.17) is 10.00 Å². The van der Waals surface area contributed by atoms with Crippen LogP contribution in [0.3, 0.4) is 0 Å². The maximum atomic E-state index is 8.24. The average Bonchev–Trinajstić information content (AvgIpc) is 2.50. The standard InChI is InChI=1S/C8H14N2O/c9-4-2-5-10-7-8-3-1-6-11-8/h8,10H,1-3,5-7H2/t8-/m1/s1. The van der Waals surface area contributed by atoms with Crippen LogP contribution in [0.4, 0.5) is 0 Å². The van der Waals surface area contributed by atoms with Gasteiger partial charge in [-0.2, -0.15) is 5.26 Å². The minimum atomic E-state index is 0.397. The lowest BCUT2D eigenvalue weighted by Crippen LogP contribution is -2.26. The molecule has 0 aromatic carbocycles. The van der Waals surface area contributed by atoms with Crippen LogP contribution in [-0.4, -0.2) is 25.8 Å². The van der Waals surface area contributed by atoms with Gasteiger partial charge >= 0.3 is 0 Å². The fourth-order valence-corrected chi connectivity index (χ4v) is 1.21. The van der Waals surface area contributed by atoms with Crippen molar-refractivity contribution >= 4 is 0 Å². The van der Waals surface area contributed by atoms with Crippen molar-refractivity contribution in [3.8, 4) is 6.07 Å². The molecule has 3 heteroatoms. The van der Waals surface area contributed by atoms with Crippen LogP contribution in [0.25, 0.3) is 0 Å². The highest BCUT2D eigenvalue weighted by Crippen LogP contribution is 2.10. The molecule has 1 saturated heterocycles. The summed E-state index contributed by atoms with van der Waals surface area (Å²) in [5.74, 6) is 0. The van der Waals surface area contributed by atoms with E-state index >= 15 is 0 Å². The predicted molar refractivity (Wildman–Crippen MR) is 42.1 cm³/mol. The van der Waals surface area contributed by atoms with Gasteiger partial charge in [-0.25, -0.2) is 0 Å². The first-order valence-electron chi connectivity index (χ1n) is 4.13. The Morgan fingerprint density at radius 3 is 3.18 bits per heavy atom. The van der Waals surface area contributed by atoms with Gasteiger partial charge in [-0.05, 0) is 12.8 Å². The lowest BCUT2D eigenvalue weighted by Gasteiger charge is -2.08. The average molecular weight is 154 g/mol. The highest BCUT2D eigenvalue weighted by Gasteiger charge is 2.13. The number of rotatable bonds is 4. The number of hydrogen-bond donors (Lipinski definition) is 1. The van der Waals surface area contributed by atoms with Gasteiger partial charge in [-0.15, -0.1) is 0 Å². The molecule has 0 radical (unpaired) electrons. The first-order chi connectivity index (χ1) is 5.43. The van der Waals surface area contributed by atoms with E-state index in [2.05, 4.69) is 11.4 Å². The second kappa shape index (κ2) is 5.11. The maximum Gasteiger partial charge on any atom is 0.0700 e. The molecule has 11 heavy (non-hydrogen) atoms. The Morgan fingerprint density at radius 1 is 1.64 bits per heavy atom. The Kier molecular flexibility index (Phi) is 3.95. The molecule has 0 spiro atoms. The summed E-state index contributed by atoms with van der Waals surface area (Å²) in [6.45, 7) is 2.60. The lowest BCUT2D eigenvalue weighted by molar-refractivity contribution is 0.110. The molecule has 1 N–H and O–H groups in total. The third-order valence-corrected chi connectivity index (χ3v) is 1.81. The summed E-state index contributed by atoms with van der Waals surface area (Å²) in [6.07, 6.45) is 3.34. The van der Waals surface area contributed by atoms with E-state index in [1.807, 2.05) is 0 Å². The molecule has 3 nitrogen and oxygen atoms in total. The van der Waals surface area contributed by atoms with Gasteiger partial charge in [-0.1, -0.05) is 0 Å². The van der Waals surface area contributed by atoms with Crippen LogP contribution in [0.2, 0.25) is 0 Å². The molecule has 1 rings (SSSR count). The Balaban J connectivity index is 1.90. The van der Waals surface area contributed by atoms with Gasteiger partial charge in [-0.3, -0.25) is 0 Å². The van der Waals surface area contributed by atoms with Crippen molar-refractivity contribution in [2.45, 2.75) is 25.4 Å². The third-order valence-electron chi connectivity index (χ3n) is 1.81. The lowest BCUT2D eigenvalue weighted by atomic mass is 10.2. The number of nitrogens with zero attached hydrogens (tertiary/aromatic N) is 1. The maximum absolute atomic E-state index is 8.24. The molecule has 0 aromatic rings. The third kappa shape index (κ3) is 3.35. The molecule has 1 aliphatic heterocycles. The predicted octanol–water partition coefficient (Wildman–Crippen LogP) is 0.669. The number of ether oxygens (including phenoxy) is 1. The zero-order valence-electron chi connectivity index (χ0n) is 6.68. The minimum absolute atomic E-state index is 0.397. The Bertz CT molecular complexity index is 136. The van der Waals surface area contributed by atoms with Crippen LogP contribution < -0.4 is 5.32 Å². The van der Waals surface area contributed by atoms with Gasteiger partial charge in [0.2, 0.25) is 0 Å².